The zero-order chi connectivity index (χ0) is 16.2. The van der Waals surface area contributed by atoms with Crippen molar-refractivity contribution >= 4 is 22.4 Å². The second kappa shape index (κ2) is 7.12. The summed E-state index contributed by atoms with van der Waals surface area (Å²) < 4.78 is 31.5. The van der Waals surface area contributed by atoms with E-state index in [2.05, 4.69) is 10.3 Å². The highest BCUT2D eigenvalue weighted by molar-refractivity contribution is 7.14. The third-order valence-corrected chi connectivity index (χ3v) is 4.33. The highest BCUT2D eigenvalue weighted by atomic mass is 32.1. The van der Waals surface area contributed by atoms with Crippen LogP contribution in [0, 0.1) is 11.6 Å². The SMILES string of the molecule is O=C(C[NH+]1CCOCC1)Nc1nc(-c2ccc(F)c(F)c2)cs1. The van der Waals surface area contributed by atoms with E-state index in [9.17, 15) is 13.6 Å². The van der Waals surface area contributed by atoms with Crippen LogP contribution in [-0.4, -0.2) is 43.7 Å². The first-order valence-electron chi connectivity index (χ1n) is 7.24. The van der Waals surface area contributed by atoms with E-state index in [1.54, 1.807) is 5.38 Å². The average Bonchev–Trinajstić information content (AvgIpc) is 2.99. The molecule has 0 aliphatic carbocycles. The summed E-state index contributed by atoms with van der Waals surface area (Å²) in [6, 6.07) is 3.61. The van der Waals surface area contributed by atoms with E-state index in [1.807, 2.05) is 0 Å². The van der Waals surface area contributed by atoms with E-state index >= 15 is 0 Å². The Kier molecular flexibility index (Phi) is 4.94. The molecule has 1 aromatic carbocycles. The van der Waals surface area contributed by atoms with E-state index in [1.165, 1.54) is 22.3 Å². The maximum Gasteiger partial charge on any atom is 0.281 e. The molecule has 1 saturated heterocycles. The van der Waals surface area contributed by atoms with Crippen LogP contribution >= 0.6 is 11.3 Å². The summed E-state index contributed by atoms with van der Waals surface area (Å²) in [5.74, 6) is -1.93. The summed E-state index contributed by atoms with van der Waals surface area (Å²) in [5.41, 5.74) is 0.974. The van der Waals surface area contributed by atoms with Gasteiger partial charge in [-0.25, -0.2) is 13.8 Å². The van der Waals surface area contributed by atoms with Gasteiger partial charge in [-0.1, -0.05) is 0 Å². The van der Waals surface area contributed by atoms with Gasteiger partial charge in [-0.05, 0) is 18.2 Å². The summed E-state index contributed by atoms with van der Waals surface area (Å²) in [7, 11) is 0. The molecule has 2 N–H and O–H groups in total. The van der Waals surface area contributed by atoms with E-state index in [4.69, 9.17) is 4.74 Å². The lowest BCUT2D eigenvalue weighted by Gasteiger charge is -2.22. The fourth-order valence-corrected chi connectivity index (χ4v) is 3.08. The van der Waals surface area contributed by atoms with Crippen LogP contribution in [0.2, 0.25) is 0 Å². The molecule has 1 aliphatic heterocycles. The summed E-state index contributed by atoms with van der Waals surface area (Å²) >= 11 is 1.25. The quantitative estimate of drug-likeness (QED) is 0.871. The zero-order valence-corrected chi connectivity index (χ0v) is 13.1. The Bertz CT molecular complexity index is 702. The number of nitrogens with zero attached hydrogens (tertiary/aromatic N) is 1. The van der Waals surface area contributed by atoms with Crippen LogP contribution in [-0.2, 0) is 9.53 Å². The molecule has 0 radical (unpaired) electrons. The van der Waals surface area contributed by atoms with Crippen LogP contribution in [0.1, 0.15) is 0 Å². The molecule has 2 heterocycles. The van der Waals surface area contributed by atoms with Gasteiger partial charge >= 0.3 is 0 Å². The number of anilines is 1. The van der Waals surface area contributed by atoms with Crippen molar-refractivity contribution in [3.05, 3.63) is 35.2 Å². The normalized spacial score (nSPS) is 15.6. The van der Waals surface area contributed by atoms with Crippen molar-refractivity contribution in [2.45, 2.75) is 0 Å². The van der Waals surface area contributed by atoms with Crippen molar-refractivity contribution in [2.24, 2.45) is 0 Å². The van der Waals surface area contributed by atoms with E-state index in [0.717, 1.165) is 25.2 Å². The fourth-order valence-electron chi connectivity index (χ4n) is 2.35. The molecule has 2 aromatic rings. The monoisotopic (exact) mass is 340 g/mol. The Balaban J connectivity index is 1.62. The van der Waals surface area contributed by atoms with Gasteiger partial charge in [-0.3, -0.25) is 10.1 Å². The second-order valence-corrected chi connectivity index (χ2v) is 6.11. The number of thiazole rings is 1. The largest absolute Gasteiger partial charge is 0.370 e. The first-order valence-corrected chi connectivity index (χ1v) is 8.12. The topological polar surface area (TPSA) is 55.7 Å². The summed E-state index contributed by atoms with van der Waals surface area (Å²) in [6.45, 7) is 3.32. The molecule has 3 rings (SSSR count). The molecule has 23 heavy (non-hydrogen) atoms. The summed E-state index contributed by atoms with van der Waals surface area (Å²) in [5, 5.41) is 4.89. The third-order valence-electron chi connectivity index (χ3n) is 3.58. The number of carbonyl (C=O) groups is 1. The van der Waals surface area contributed by atoms with Crippen LogP contribution in [0.4, 0.5) is 13.9 Å². The average molecular weight is 340 g/mol. The molecule has 1 aliphatic rings. The number of hydrogen-bond acceptors (Lipinski definition) is 4. The number of hydrogen-bond donors (Lipinski definition) is 2. The maximum atomic E-state index is 13.3. The van der Waals surface area contributed by atoms with Crippen molar-refractivity contribution in [1.29, 1.82) is 0 Å². The number of morpholine rings is 1. The van der Waals surface area contributed by atoms with Gasteiger partial charge in [0.05, 0.1) is 18.9 Å². The Hall–Kier alpha value is -1.90. The fraction of sp³-hybridized carbons (Fsp3) is 0.333. The van der Waals surface area contributed by atoms with Gasteiger partial charge in [-0.2, -0.15) is 0 Å². The molecule has 0 saturated carbocycles. The molecule has 1 aromatic heterocycles. The van der Waals surface area contributed by atoms with Gasteiger partial charge < -0.3 is 9.64 Å². The Morgan fingerprint density at radius 2 is 2.09 bits per heavy atom. The summed E-state index contributed by atoms with van der Waals surface area (Å²) in [6.07, 6.45) is 0. The molecular formula is C15H16F2N3O2S+. The predicted octanol–water partition coefficient (Wildman–Crippen LogP) is 0.942. The lowest BCUT2D eigenvalue weighted by molar-refractivity contribution is -0.899. The molecule has 1 amide bonds. The molecule has 0 spiro atoms. The number of rotatable bonds is 4. The molecule has 1 fully saturated rings. The Labute approximate surface area is 135 Å². The second-order valence-electron chi connectivity index (χ2n) is 5.25. The minimum Gasteiger partial charge on any atom is -0.370 e. The number of carbonyl (C=O) groups excluding carboxylic acids is 1. The van der Waals surface area contributed by atoms with Crippen LogP contribution in [0.25, 0.3) is 11.3 Å². The van der Waals surface area contributed by atoms with Gasteiger partial charge in [-0.15, -0.1) is 11.3 Å². The van der Waals surface area contributed by atoms with Crippen molar-refractivity contribution in [3.63, 3.8) is 0 Å². The number of ether oxygens (including phenoxy) is 1. The lowest BCUT2D eigenvalue weighted by Crippen LogP contribution is -3.15. The smallest absolute Gasteiger partial charge is 0.281 e. The number of nitrogens with one attached hydrogen (secondary N) is 2. The van der Waals surface area contributed by atoms with Crippen molar-refractivity contribution in [3.8, 4) is 11.3 Å². The van der Waals surface area contributed by atoms with Crippen LogP contribution in [0.5, 0.6) is 0 Å². The Morgan fingerprint density at radius 3 is 2.83 bits per heavy atom. The molecule has 0 bridgehead atoms. The number of halogens is 2. The zero-order valence-electron chi connectivity index (χ0n) is 12.3. The van der Waals surface area contributed by atoms with Crippen LogP contribution in [0.3, 0.4) is 0 Å². The molecule has 5 nitrogen and oxygen atoms in total. The van der Waals surface area contributed by atoms with Crippen molar-refractivity contribution in [2.75, 3.05) is 38.2 Å². The lowest BCUT2D eigenvalue weighted by atomic mass is 10.2. The molecule has 0 atom stereocenters. The highest BCUT2D eigenvalue weighted by Crippen LogP contribution is 2.25. The Morgan fingerprint density at radius 1 is 1.30 bits per heavy atom. The van der Waals surface area contributed by atoms with Gasteiger partial charge in [0, 0.05) is 10.9 Å². The first kappa shape index (κ1) is 16.0. The number of aromatic nitrogens is 1. The van der Waals surface area contributed by atoms with Gasteiger partial charge in [0.2, 0.25) is 0 Å². The molecule has 8 heteroatoms. The van der Waals surface area contributed by atoms with Crippen molar-refractivity contribution < 1.29 is 23.2 Å². The standard InChI is InChI=1S/C15H15F2N3O2S/c16-11-2-1-10(7-12(11)17)13-9-23-15(18-13)19-14(21)8-20-3-5-22-6-4-20/h1-2,7,9H,3-6,8H2,(H,18,19,21)/p+1. The van der Waals surface area contributed by atoms with Gasteiger partial charge in [0.15, 0.2) is 23.3 Å². The van der Waals surface area contributed by atoms with Gasteiger partial charge in [0.1, 0.15) is 13.1 Å². The van der Waals surface area contributed by atoms with Crippen LogP contribution in [0.15, 0.2) is 23.6 Å². The van der Waals surface area contributed by atoms with Crippen LogP contribution < -0.4 is 10.2 Å². The molecule has 122 valence electrons. The van der Waals surface area contributed by atoms with Crippen molar-refractivity contribution in [1.82, 2.24) is 4.98 Å². The third kappa shape index (κ3) is 4.10. The first-order chi connectivity index (χ1) is 11.1. The molecule has 0 unspecified atom stereocenters. The number of benzene rings is 1. The van der Waals surface area contributed by atoms with E-state index in [0.29, 0.717) is 36.1 Å². The van der Waals surface area contributed by atoms with E-state index in [-0.39, 0.29) is 5.91 Å². The molecular weight excluding hydrogens is 324 g/mol. The predicted molar refractivity (Wildman–Crippen MR) is 82.5 cm³/mol. The summed E-state index contributed by atoms with van der Waals surface area (Å²) in [4.78, 5) is 17.4. The number of quaternary nitrogens is 1. The number of amides is 1. The van der Waals surface area contributed by atoms with Gasteiger partial charge in [0.25, 0.3) is 5.91 Å². The highest BCUT2D eigenvalue weighted by Gasteiger charge is 2.18. The van der Waals surface area contributed by atoms with E-state index < -0.39 is 11.6 Å². The minimum atomic E-state index is -0.919. The minimum absolute atomic E-state index is 0.118. The maximum absolute atomic E-state index is 13.3.